The summed E-state index contributed by atoms with van der Waals surface area (Å²) >= 11 is 0. The summed E-state index contributed by atoms with van der Waals surface area (Å²) in [5, 5.41) is 19.8. The average molecular weight is 353 g/mol. The van der Waals surface area contributed by atoms with Gasteiger partial charge in [-0.05, 0) is 44.9 Å². The van der Waals surface area contributed by atoms with Gasteiger partial charge in [0.15, 0.2) is 0 Å². The number of esters is 1. The first kappa shape index (κ1) is 23.6. The highest BCUT2D eigenvalue weighted by molar-refractivity contribution is 5.69. The van der Waals surface area contributed by atoms with Gasteiger partial charge in [0, 0.05) is 6.42 Å². The molecule has 4 nitrogen and oxygen atoms in total. The highest BCUT2D eigenvalue weighted by Gasteiger charge is 2.12. The zero-order valence-electron chi connectivity index (χ0n) is 15.9. The van der Waals surface area contributed by atoms with Crippen molar-refractivity contribution in [3.05, 3.63) is 36.5 Å². The van der Waals surface area contributed by atoms with Crippen molar-refractivity contribution < 1.29 is 19.7 Å². The summed E-state index contributed by atoms with van der Waals surface area (Å²) in [6, 6.07) is 0. The van der Waals surface area contributed by atoms with Gasteiger partial charge in [-0.25, -0.2) is 0 Å². The maximum atomic E-state index is 10.9. The molecule has 0 rings (SSSR count). The molecule has 0 aromatic heterocycles. The van der Waals surface area contributed by atoms with Crippen molar-refractivity contribution in [2.24, 2.45) is 0 Å². The Labute approximate surface area is 153 Å². The van der Waals surface area contributed by atoms with E-state index in [0.717, 1.165) is 25.7 Å². The molecule has 0 amide bonds. The second-order valence-corrected chi connectivity index (χ2v) is 6.22. The number of aliphatic hydroxyl groups excluding tert-OH is 2. The third kappa shape index (κ3) is 15.9. The lowest BCUT2D eigenvalue weighted by Gasteiger charge is -2.14. The maximum absolute atomic E-state index is 10.9. The van der Waals surface area contributed by atoms with E-state index in [4.69, 9.17) is 0 Å². The van der Waals surface area contributed by atoms with E-state index in [9.17, 15) is 15.0 Å². The monoisotopic (exact) mass is 352 g/mol. The van der Waals surface area contributed by atoms with E-state index in [-0.39, 0.29) is 5.97 Å². The fraction of sp³-hybridized carbons (Fsp3) is 0.667. The quantitative estimate of drug-likeness (QED) is 0.259. The van der Waals surface area contributed by atoms with Crippen LogP contribution in [0.1, 0.15) is 71.1 Å². The standard InChI is InChI=1S/C21H36O4/c1-3-4-5-6-10-13-16-19(22)20(23)17-14-11-8-7-9-12-15-18-21(24)25-2/h7,9-11,13-14,19-20,22-23H,3-6,8,12,15-18H2,1-2H3/b9-7-,13-10-,14-11-/t19-,20-/m1/s1. The van der Waals surface area contributed by atoms with Crippen molar-refractivity contribution in [1.29, 1.82) is 0 Å². The van der Waals surface area contributed by atoms with Crippen LogP contribution in [0.25, 0.3) is 0 Å². The SMILES string of the molecule is CCCCC/C=C\C[C@@H](O)[C@H](O)C/C=C\C/C=C\CCCC(=O)OC. The Morgan fingerprint density at radius 3 is 2.08 bits per heavy atom. The molecule has 144 valence electrons. The topological polar surface area (TPSA) is 66.8 Å². The molecule has 0 aliphatic carbocycles. The Kier molecular flexibility index (Phi) is 16.5. The molecule has 0 spiro atoms. The van der Waals surface area contributed by atoms with Gasteiger partial charge in [-0.1, -0.05) is 56.2 Å². The number of carbonyl (C=O) groups excluding carboxylic acids is 1. The third-order valence-corrected chi connectivity index (χ3v) is 3.93. The van der Waals surface area contributed by atoms with E-state index in [0.29, 0.717) is 19.3 Å². The van der Waals surface area contributed by atoms with Crippen LogP contribution in [0.3, 0.4) is 0 Å². The Balaban J connectivity index is 3.69. The van der Waals surface area contributed by atoms with Gasteiger partial charge in [0.05, 0.1) is 19.3 Å². The first-order chi connectivity index (χ1) is 12.1. The third-order valence-electron chi connectivity index (χ3n) is 3.93. The smallest absolute Gasteiger partial charge is 0.305 e. The minimum Gasteiger partial charge on any atom is -0.469 e. The van der Waals surface area contributed by atoms with Crippen molar-refractivity contribution in [3.63, 3.8) is 0 Å². The first-order valence-corrected chi connectivity index (χ1v) is 9.49. The summed E-state index contributed by atoms with van der Waals surface area (Å²) < 4.78 is 4.58. The normalized spacial score (nSPS) is 14.6. The molecule has 0 fully saturated rings. The molecule has 2 N–H and O–H groups in total. The highest BCUT2D eigenvalue weighted by Crippen LogP contribution is 2.07. The largest absolute Gasteiger partial charge is 0.469 e. The number of allylic oxidation sites excluding steroid dienone is 4. The van der Waals surface area contributed by atoms with Gasteiger partial charge in [0.1, 0.15) is 0 Å². The van der Waals surface area contributed by atoms with Crippen molar-refractivity contribution in [2.45, 2.75) is 83.3 Å². The van der Waals surface area contributed by atoms with Crippen LogP contribution < -0.4 is 0 Å². The number of ether oxygens (including phenoxy) is 1. The zero-order chi connectivity index (χ0) is 18.8. The van der Waals surface area contributed by atoms with Gasteiger partial charge >= 0.3 is 5.97 Å². The summed E-state index contributed by atoms with van der Waals surface area (Å²) in [6.07, 6.45) is 19.1. The van der Waals surface area contributed by atoms with Gasteiger partial charge in [0.25, 0.3) is 0 Å². The molecule has 0 aromatic carbocycles. The molecule has 25 heavy (non-hydrogen) atoms. The minimum absolute atomic E-state index is 0.170. The number of carbonyl (C=O) groups is 1. The van der Waals surface area contributed by atoms with Gasteiger partial charge in [0.2, 0.25) is 0 Å². The molecule has 0 saturated heterocycles. The summed E-state index contributed by atoms with van der Waals surface area (Å²) in [6.45, 7) is 2.18. The lowest BCUT2D eigenvalue weighted by Crippen LogP contribution is -2.24. The van der Waals surface area contributed by atoms with E-state index in [1.165, 1.54) is 26.4 Å². The van der Waals surface area contributed by atoms with Crippen LogP contribution in [-0.2, 0) is 9.53 Å². The lowest BCUT2D eigenvalue weighted by atomic mass is 10.1. The number of unbranched alkanes of at least 4 members (excludes halogenated alkanes) is 4. The summed E-state index contributed by atoms with van der Waals surface area (Å²) in [7, 11) is 1.40. The van der Waals surface area contributed by atoms with Crippen molar-refractivity contribution in [2.75, 3.05) is 7.11 Å². The molecular formula is C21H36O4. The molecule has 0 saturated carbocycles. The van der Waals surface area contributed by atoms with E-state index in [1.807, 2.05) is 30.4 Å². The predicted octanol–water partition coefficient (Wildman–Crippen LogP) is 4.47. The maximum Gasteiger partial charge on any atom is 0.305 e. The summed E-state index contributed by atoms with van der Waals surface area (Å²) in [5.41, 5.74) is 0. The summed E-state index contributed by atoms with van der Waals surface area (Å²) in [4.78, 5) is 10.9. The van der Waals surface area contributed by atoms with E-state index in [1.54, 1.807) is 0 Å². The fourth-order valence-electron chi connectivity index (χ4n) is 2.27. The second-order valence-electron chi connectivity index (χ2n) is 6.22. The van der Waals surface area contributed by atoms with Crippen molar-refractivity contribution in [1.82, 2.24) is 0 Å². The molecule has 0 bridgehead atoms. The van der Waals surface area contributed by atoms with Gasteiger partial charge in [-0.15, -0.1) is 0 Å². The number of rotatable bonds is 15. The fourth-order valence-corrected chi connectivity index (χ4v) is 2.27. The molecule has 0 radical (unpaired) electrons. The van der Waals surface area contributed by atoms with E-state index < -0.39 is 12.2 Å². The Bertz CT molecular complexity index is 399. The Morgan fingerprint density at radius 2 is 1.44 bits per heavy atom. The van der Waals surface area contributed by atoms with Crippen molar-refractivity contribution in [3.8, 4) is 0 Å². The van der Waals surface area contributed by atoms with Crippen LogP contribution in [0.5, 0.6) is 0 Å². The number of hydrogen-bond acceptors (Lipinski definition) is 4. The molecular weight excluding hydrogens is 316 g/mol. The number of methoxy groups -OCH3 is 1. The lowest BCUT2D eigenvalue weighted by molar-refractivity contribution is -0.140. The predicted molar refractivity (Wildman–Crippen MR) is 103 cm³/mol. The molecule has 0 heterocycles. The molecule has 0 aliphatic heterocycles. The molecule has 2 atom stereocenters. The summed E-state index contributed by atoms with van der Waals surface area (Å²) in [5.74, 6) is -0.170. The number of hydrogen-bond donors (Lipinski definition) is 2. The highest BCUT2D eigenvalue weighted by atomic mass is 16.5. The van der Waals surface area contributed by atoms with Crippen molar-refractivity contribution >= 4 is 5.97 Å². The van der Waals surface area contributed by atoms with E-state index in [2.05, 4.69) is 17.7 Å². The number of aliphatic hydroxyl groups is 2. The molecule has 0 unspecified atom stereocenters. The van der Waals surface area contributed by atoms with Crippen LogP contribution >= 0.6 is 0 Å². The zero-order valence-corrected chi connectivity index (χ0v) is 15.9. The average Bonchev–Trinajstić information content (AvgIpc) is 2.62. The Morgan fingerprint density at radius 1 is 0.880 bits per heavy atom. The minimum atomic E-state index is -0.722. The van der Waals surface area contributed by atoms with Gasteiger partial charge < -0.3 is 14.9 Å². The molecule has 0 aromatic rings. The van der Waals surface area contributed by atoms with Crippen LogP contribution in [-0.4, -0.2) is 35.5 Å². The Hall–Kier alpha value is -1.39. The molecule has 0 aliphatic rings. The van der Waals surface area contributed by atoms with Gasteiger partial charge in [-0.2, -0.15) is 0 Å². The van der Waals surface area contributed by atoms with E-state index >= 15 is 0 Å². The first-order valence-electron chi connectivity index (χ1n) is 9.49. The molecule has 4 heteroatoms. The van der Waals surface area contributed by atoms with Crippen LogP contribution in [0.15, 0.2) is 36.5 Å². The van der Waals surface area contributed by atoms with Crippen LogP contribution in [0.2, 0.25) is 0 Å². The van der Waals surface area contributed by atoms with Crippen LogP contribution in [0, 0.1) is 0 Å². The second kappa shape index (κ2) is 17.4. The van der Waals surface area contributed by atoms with Gasteiger partial charge in [-0.3, -0.25) is 4.79 Å². The van der Waals surface area contributed by atoms with Crippen LogP contribution in [0.4, 0.5) is 0 Å².